The van der Waals surface area contributed by atoms with Crippen molar-refractivity contribution >= 4 is 16.8 Å². The second kappa shape index (κ2) is 5.31. The summed E-state index contributed by atoms with van der Waals surface area (Å²) < 4.78 is 2.16. The van der Waals surface area contributed by atoms with Gasteiger partial charge in [-0.25, -0.2) is 0 Å². The van der Waals surface area contributed by atoms with Crippen molar-refractivity contribution in [3.8, 4) is 0 Å². The number of fused-ring (bicyclic) bond motifs is 1. The van der Waals surface area contributed by atoms with Gasteiger partial charge in [0.1, 0.15) is 0 Å². The van der Waals surface area contributed by atoms with Gasteiger partial charge in [-0.2, -0.15) is 0 Å². The van der Waals surface area contributed by atoms with E-state index >= 15 is 0 Å². The molecule has 1 aromatic carbocycles. The molecule has 2 aromatic rings. The first-order valence-electron chi connectivity index (χ1n) is 7.52. The lowest BCUT2D eigenvalue weighted by atomic mass is 10.1. The first kappa shape index (κ1) is 13.2. The Morgan fingerprint density at radius 2 is 1.95 bits per heavy atom. The maximum absolute atomic E-state index is 12.3. The van der Waals surface area contributed by atoms with Crippen LogP contribution in [-0.2, 0) is 11.8 Å². The van der Waals surface area contributed by atoms with Crippen molar-refractivity contribution in [1.29, 1.82) is 0 Å². The molecule has 0 spiro atoms. The molecule has 0 bridgehead atoms. The monoisotopic (exact) mass is 270 g/mol. The number of carbonyl (C=O) groups excluding carboxylic acids is 1. The molecule has 1 aliphatic rings. The number of hydrogen-bond donors (Lipinski definition) is 0. The fourth-order valence-corrected chi connectivity index (χ4v) is 3.29. The summed E-state index contributed by atoms with van der Waals surface area (Å²) >= 11 is 0. The number of rotatable bonds is 2. The van der Waals surface area contributed by atoms with Gasteiger partial charge in [-0.15, -0.1) is 0 Å². The molecule has 106 valence electrons. The van der Waals surface area contributed by atoms with Crippen molar-refractivity contribution < 1.29 is 4.79 Å². The van der Waals surface area contributed by atoms with E-state index in [1.54, 1.807) is 0 Å². The number of hydrogen-bond acceptors (Lipinski definition) is 1. The van der Waals surface area contributed by atoms with Crippen molar-refractivity contribution in [3.63, 3.8) is 0 Å². The molecule has 2 heterocycles. The standard InChI is InChI=1S/C17H22N2O/c1-13(19-11-7-3-4-10-17(19)20)15-12-18(2)16-9-6-5-8-14(15)16/h5-6,8-9,12-13H,3-4,7,10-11H2,1-2H3. The van der Waals surface area contributed by atoms with Gasteiger partial charge in [0.05, 0.1) is 6.04 Å². The highest BCUT2D eigenvalue weighted by atomic mass is 16.2. The van der Waals surface area contributed by atoms with Crippen LogP contribution in [0.15, 0.2) is 30.5 Å². The van der Waals surface area contributed by atoms with E-state index in [-0.39, 0.29) is 6.04 Å². The minimum atomic E-state index is 0.159. The molecule has 3 heteroatoms. The third-order valence-corrected chi connectivity index (χ3v) is 4.46. The fraction of sp³-hybridized carbons (Fsp3) is 0.471. The average Bonchev–Trinajstić information content (AvgIpc) is 2.64. The van der Waals surface area contributed by atoms with E-state index in [4.69, 9.17) is 0 Å². The van der Waals surface area contributed by atoms with Gasteiger partial charge in [-0.05, 0) is 31.4 Å². The highest BCUT2D eigenvalue weighted by Gasteiger charge is 2.25. The molecule has 20 heavy (non-hydrogen) atoms. The zero-order chi connectivity index (χ0) is 14.1. The number of amides is 1. The van der Waals surface area contributed by atoms with Crippen molar-refractivity contribution in [2.45, 2.75) is 38.6 Å². The van der Waals surface area contributed by atoms with E-state index in [9.17, 15) is 4.79 Å². The lowest BCUT2D eigenvalue weighted by Crippen LogP contribution is -2.32. The van der Waals surface area contributed by atoms with Gasteiger partial charge in [0, 0.05) is 37.1 Å². The van der Waals surface area contributed by atoms with Crippen LogP contribution in [-0.4, -0.2) is 21.9 Å². The highest BCUT2D eigenvalue weighted by molar-refractivity contribution is 5.85. The molecule has 0 aliphatic carbocycles. The predicted octanol–water partition coefficient (Wildman–Crippen LogP) is 3.64. The van der Waals surface area contributed by atoms with Crippen LogP contribution < -0.4 is 0 Å². The van der Waals surface area contributed by atoms with Crippen LogP contribution in [0.1, 0.15) is 44.2 Å². The predicted molar refractivity (Wildman–Crippen MR) is 81.5 cm³/mol. The first-order valence-corrected chi connectivity index (χ1v) is 7.52. The Bertz CT molecular complexity index is 629. The number of benzene rings is 1. The largest absolute Gasteiger partial charge is 0.350 e. The van der Waals surface area contributed by atoms with Gasteiger partial charge in [-0.3, -0.25) is 4.79 Å². The Balaban J connectivity index is 1.99. The maximum Gasteiger partial charge on any atom is 0.223 e. The molecule has 3 nitrogen and oxygen atoms in total. The number of likely N-dealkylation sites (tertiary alicyclic amines) is 1. The molecule has 1 unspecified atom stereocenters. The fourth-order valence-electron chi connectivity index (χ4n) is 3.29. The number of para-hydroxylation sites is 1. The van der Waals surface area contributed by atoms with Gasteiger partial charge in [0.25, 0.3) is 0 Å². The van der Waals surface area contributed by atoms with Gasteiger partial charge < -0.3 is 9.47 Å². The maximum atomic E-state index is 12.3. The minimum absolute atomic E-state index is 0.159. The molecule has 1 atom stereocenters. The highest BCUT2D eigenvalue weighted by Crippen LogP contribution is 2.31. The second-order valence-electron chi connectivity index (χ2n) is 5.79. The third kappa shape index (κ3) is 2.21. The van der Waals surface area contributed by atoms with Crippen molar-refractivity contribution in [2.75, 3.05) is 6.54 Å². The Kier molecular flexibility index (Phi) is 3.51. The van der Waals surface area contributed by atoms with Crippen molar-refractivity contribution in [2.24, 2.45) is 7.05 Å². The molecule has 0 N–H and O–H groups in total. The summed E-state index contributed by atoms with van der Waals surface area (Å²) in [4.78, 5) is 14.4. The van der Waals surface area contributed by atoms with Gasteiger partial charge in [0.2, 0.25) is 5.91 Å². The normalized spacial score (nSPS) is 18.3. The zero-order valence-corrected chi connectivity index (χ0v) is 12.3. The molecule has 0 radical (unpaired) electrons. The Labute approximate surface area is 120 Å². The summed E-state index contributed by atoms with van der Waals surface area (Å²) in [5, 5.41) is 1.26. The summed E-state index contributed by atoms with van der Waals surface area (Å²) in [7, 11) is 2.07. The van der Waals surface area contributed by atoms with E-state index in [0.717, 1.165) is 19.4 Å². The van der Waals surface area contributed by atoms with Crippen LogP contribution in [0.3, 0.4) is 0 Å². The topological polar surface area (TPSA) is 25.2 Å². The van der Waals surface area contributed by atoms with E-state index in [1.165, 1.54) is 22.9 Å². The molecule has 1 saturated heterocycles. The van der Waals surface area contributed by atoms with Gasteiger partial charge in [-0.1, -0.05) is 24.6 Å². The molecular formula is C17H22N2O. The molecule has 0 saturated carbocycles. The van der Waals surface area contributed by atoms with Crippen molar-refractivity contribution in [1.82, 2.24) is 9.47 Å². The number of carbonyl (C=O) groups is 1. The summed E-state index contributed by atoms with van der Waals surface area (Å²) in [5.74, 6) is 0.308. The van der Waals surface area contributed by atoms with Gasteiger partial charge in [0.15, 0.2) is 0 Å². The Morgan fingerprint density at radius 1 is 1.15 bits per heavy atom. The molecular weight excluding hydrogens is 248 g/mol. The zero-order valence-electron chi connectivity index (χ0n) is 12.3. The molecule has 3 rings (SSSR count). The summed E-state index contributed by atoms with van der Waals surface area (Å²) in [5.41, 5.74) is 2.50. The van der Waals surface area contributed by atoms with Crippen LogP contribution >= 0.6 is 0 Å². The Morgan fingerprint density at radius 3 is 2.80 bits per heavy atom. The SMILES string of the molecule is CC(c1cn(C)c2ccccc12)N1CCCCCC1=O. The minimum Gasteiger partial charge on any atom is -0.350 e. The van der Waals surface area contributed by atoms with E-state index in [0.29, 0.717) is 12.3 Å². The molecule has 1 fully saturated rings. The van der Waals surface area contributed by atoms with E-state index in [1.807, 2.05) is 0 Å². The lowest BCUT2D eigenvalue weighted by molar-refractivity contribution is -0.132. The quantitative estimate of drug-likeness (QED) is 0.818. The number of aromatic nitrogens is 1. The Hall–Kier alpha value is -1.77. The molecule has 1 amide bonds. The van der Waals surface area contributed by atoms with Gasteiger partial charge >= 0.3 is 0 Å². The average molecular weight is 270 g/mol. The van der Waals surface area contributed by atoms with Crippen molar-refractivity contribution in [3.05, 3.63) is 36.0 Å². The van der Waals surface area contributed by atoms with Crippen LogP contribution in [0.2, 0.25) is 0 Å². The lowest BCUT2D eigenvalue weighted by Gasteiger charge is -2.28. The van der Waals surface area contributed by atoms with E-state index < -0.39 is 0 Å². The smallest absolute Gasteiger partial charge is 0.223 e. The van der Waals surface area contributed by atoms with Crippen LogP contribution in [0.5, 0.6) is 0 Å². The molecule has 1 aliphatic heterocycles. The molecule has 1 aromatic heterocycles. The number of nitrogens with zero attached hydrogens (tertiary/aromatic N) is 2. The summed E-state index contributed by atoms with van der Waals surface area (Å²) in [6.45, 7) is 3.05. The van der Waals surface area contributed by atoms with E-state index in [2.05, 4.69) is 53.9 Å². The third-order valence-electron chi connectivity index (χ3n) is 4.46. The summed E-state index contributed by atoms with van der Waals surface area (Å²) in [6.07, 6.45) is 6.21. The number of aryl methyl sites for hydroxylation is 1. The van der Waals surface area contributed by atoms with Crippen LogP contribution in [0, 0.1) is 0 Å². The van der Waals surface area contributed by atoms with Crippen LogP contribution in [0.25, 0.3) is 10.9 Å². The summed E-state index contributed by atoms with van der Waals surface area (Å²) in [6, 6.07) is 8.59. The second-order valence-corrected chi connectivity index (χ2v) is 5.79. The first-order chi connectivity index (χ1) is 9.68. The van der Waals surface area contributed by atoms with Crippen LogP contribution in [0.4, 0.5) is 0 Å².